The first-order valence-corrected chi connectivity index (χ1v) is 13.0. The normalized spacial score (nSPS) is 21.5. The molecule has 3 aromatic carbocycles. The van der Waals surface area contributed by atoms with Gasteiger partial charge in [-0.05, 0) is 90.9 Å². The Bertz CT molecular complexity index is 1300. The maximum Gasteiger partial charge on any atom is 0.261 e. The molecule has 0 saturated heterocycles. The van der Waals surface area contributed by atoms with E-state index in [0.29, 0.717) is 16.5 Å². The van der Waals surface area contributed by atoms with Gasteiger partial charge in [-0.2, -0.15) is 0 Å². The van der Waals surface area contributed by atoms with Crippen molar-refractivity contribution in [3.05, 3.63) is 99.5 Å². The lowest BCUT2D eigenvalue weighted by molar-refractivity contribution is 0.425. The number of nitrogens with one attached hydrogen (secondary N) is 2. The number of fused-ring (bicyclic) bond motifs is 3. The predicted molar refractivity (Wildman–Crippen MR) is 134 cm³/mol. The molecule has 0 aromatic heterocycles. The maximum absolute atomic E-state index is 13.2. The Morgan fingerprint density at radius 1 is 0.969 bits per heavy atom. The Balaban J connectivity index is 1.49. The summed E-state index contributed by atoms with van der Waals surface area (Å²) in [5.74, 6) is 0.547. The second kappa shape index (κ2) is 8.09. The summed E-state index contributed by atoms with van der Waals surface area (Å²) in [6, 6.07) is 19.8. The molecule has 0 spiro atoms. The largest absolute Gasteiger partial charge is 0.378 e. The van der Waals surface area contributed by atoms with Gasteiger partial charge in [-0.15, -0.1) is 0 Å². The zero-order valence-corrected chi connectivity index (χ0v) is 20.4. The number of hydrogen-bond acceptors (Lipinski definition) is 3. The third-order valence-corrected chi connectivity index (χ3v) is 8.26. The third-order valence-electron chi connectivity index (χ3n) is 6.35. The standard InChI is InChI=1S/C26H25BrN2O2S/c1-16-12-17(2)14-20(13-16)29-32(30,31)21-10-11-25-24(15-21)22-4-3-5-23(22)26(28-25)18-6-8-19(27)9-7-18/h3-4,6-15,22-23,26,28-29H,5H2,1-2H3/t22-,23+,26+/m0/s1. The minimum Gasteiger partial charge on any atom is -0.378 e. The van der Waals surface area contributed by atoms with Crippen LogP contribution in [0, 0.1) is 19.8 Å². The number of aryl methyl sites for hydroxylation is 2. The average Bonchev–Trinajstić information content (AvgIpc) is 3.22. The zero-order chi connectivity index (χ0) is 22.5. The van der Waals surface area contributed by atoms with Crippen LogP contribution in [0.15, 0.2) is 82.2 Å². The van der Waals surface area contributed by atoms with E-state index in [1.165, 1.54) is 5.56 Å². The summed E-state index contributed by atoms with van der Waals surface area (Å²) in [4.78, 5) is 0.290. The number of rotatable bonds is 4. The van der Waals surface area contributed by atoms with E-state index in [1.807, 2.05) is 44.2 Å². The van der Waals surface area contributed by atoms with Crippen molar-refractivity contribution in [2.24, 2.45) is 5.92 Å². The van der Waals surface area contributed by atoms with Crippen molar-refractivity contribution >= 4 is 37.3 Å². The highest BCUT2D eigenvalue weighted by atomic mass is 79.9. The molecular formula is C26H25BrN2O2S. The van der Waals surface area contributed by atoms with Crippen LogP contribution >= 0.6 is 15.9 Å². The number of anilines is 2. The van der Waals surface area contributed by atoms with Crippen molar-refractivity contribution < 1.29 is 8.42 Å². The monoisotopic (exact) mass is 508 g/mol. The van der Waals surface area contributed by atoms with Crippen LogP contribution in [0.4, 0.5) is 11.4 Å². The Morgan fingerprint density at radius 3 is 2.41 bits per heavy atom. The Kier molecular flexibility index (Phi) is 5.38. The van der Waals surface area contributed by atoms with Crippen LogP contribution in [0.3, 0.4) is 0 Å². The van der Waals surface area contributed by atoms with Gasteiger partial charge in [0.25, 0.3) is 10.0 Å². The van der Waals surface area contributed by atoms with Gasteiger partial charge in [0, 0.05) is 21.8 Å². The topological polar surface area (TPSA) is 58.2 Å². The number of benzene rings is 3. The molecule has 164 valence electrons. The molecule has 32 heavy (non-hydrogen) atoms. The SMILES string of the molecule is Cc1cc(C)cc(NS(=O)(=O)c2ccc3c(c2)[C@H]2C=CC[C@H]2[C@@H](c2ccc(Br)cc2)N3)c1. The maximum atomic E-state index is 13.2. The minimum atomic E-state index is -3.69. The van der Waals surface area contributed by atoms with Crippen LogP contribution in [0.25, 0.3) is 0 Å². The van der Waals surface area contributed by atoms with E-state index in [1.54, 1.807) is 6.07 Å². The molecule has 0 radical (unpaired) electrons. The van der Waals surface area contributed by atoms with Gasteiger partial charge < -0.3 is 5.32 Å². The molecule has 0 bridgehead atoms. The predicted octanol–water partition coefficient (Wildman–Crippen LogP) is 6.69. The first-order valence-electron chi connectivity index (χ1n) is 10.7. The van der Waals surface area contributed by atoms with Gasteiger partial charge in [0.2, 0.25) is 0 Å². The summed E-state index contributed by atoms with van der Waals surface area (Å²) in [6.45, 7) is 3.92. The Morgan fingerprint density at radius 2 is 1.69 bits per heavy atom. The van der Waals surface area contributed by atoms with E-state index in [4.69, 9.17) is 0 Å². The van der Waals surface area contributed by atoms with Crippen molar-refractivity contribution in [3.8, 4) is 0 Å². The molecule has 2 N–H and O–H groups in total. The molecular weight excluding hydrogens is 484 g/mol. The molecule has 3 aromatic rings. The highest BCUT2D eigenvalue weighted by Crippen LogP contribution is 2.50. The second-order valence-corrected chi connectivity index (χ2v) is 11.4. The summed E-state index contributed by atoms with van der Waals surface area (Å²) in [6.07, 6.45) is 5.41. The van der Waals surface area contributed by atoms with Gasteiger partial charge in [0.15, 0.2) is 0 Å². The highest BCUT2D eigenvalue weighted by Gasteiger charge is 2.38. The zero-order valence-electron chi connectivity index (χ0n) is 18.0. The van der Waals surface area contributed by atoms with E-state index < -0.39 is 10.0 Å². The molecule has 0 fully saturated rings. The number of sulfonamides is 1. The second-order valence-electron chi connectivity index (χ2n) is 8.76. The van der Waals surface area contributed by atoms with Crippen LogP contribution in [0.5, 0.6) is 0 Å². The lowest BCUT2D eigenvalue weighted by atomic mass is 9.77. The van der Waals surface area contributed by atoms with E-state index in [9.17, 15) is 8.42 Å². The summed E-state index contributed by atoms with van der Waals surface area (Å²) in [5.41, 5.74) is 5.92. The van der Waals surface area contributed by atoms with Gasteiger partial charge in [-0.3, -0.25) is 4.72 Å². The molecule has 0 unspecified atom stereocenters. The lowest BCUT2D eigenvalue weighted by Crippen LogP contribution is -2.29. The average molecular weight is 509 g/mol. The highest BCUT2D eigenvalue weighted by molar-refractivity contribution is 9.10. The molecule has 1 aliphatic carbocycles. The number of halogens is 1. The van der Waals surface area contributed by atoms with Crippen LogP contribution in [0.1, 0.15) is 40.6 Å². The molecule has 5 rings (SSSR count). The number of allylic oxidation sites excluding steroid dienone is 2. The van der Waals surface area contributed by atoms with Crippen LogP contribution in [-0.4, -0.2) is 8.42 Å². The third kappa shape index (κ3) is 3.97. The fraction of sp³-hybridized carbons (Fsp3) is 0.231. The van der Waals surface area contributed by atoms with Crippen LogP contribution < -0.4 is 10.0 Å². The van der Waals surface area contributed by atoms with Gasteiger partial charge in [0.1, 0.15) is 0 Å². The smallest absolute Gasteiger partial charge is 0.261 e. The first kappa shape index (κ1) is 21.3. The molecule has 1 aliphatic heterocycles. The molecule has 6 heteroatoms. The lowest BCUT2D eigenvalue weighted by Gasteiger charge is -2.37. The van der Waals surface area contributed by atoms with Gasteiger partial charge in [0.05, 0.1) is 10.9 Å². The summed E-state index contributed by atoms with van der Waals surface area (Å²) >= 11 is 3.51. The van der Waals surface area contributed by atoms with Crippen LogP contribution in [-0.2, 0) is 10.0 Å². The first-order chi connectivity index (χ1) is 15.3. The van der Waals surface area contributed by atoms with Crippen molar-refractivity contribution in [2.45, 2.75) is 37.1 Å². The van der Waals surface area contributed by atoms with Gasteiger partial charge >= 0.3 is 0 Å². The van der Waals surface area contributed by atoms with Gasteiger partial charge in [-0.25, -0.2) is 8.42 Å². The molecule has 2 aliphatic rings. The van der Waals surface area contributed by atoms with Crippen molar-refractivity contribution in [1.82, 2.24) is 0 Å². The van der Waals surface area contributed by atoms with E-state index in [2.05, 4.69) is 62.4 Å². The summed E-state index contributed by atoms with van der Waals surface area (Å²) < 4.78 is 30.1. The Hall–Kier alpha value is -2.57. The molecule has 0 amide bonds. The summed E-state index contributed by atoms with van der Waals surface area (Å²) in [7, 11) is -3.69. The quantitative estimate of drug-likeness (QED) is 0.385. The summed E-state index contributed by atoms with van der Waals surface area (Å²) in [5, 5.41) is 3.68. The number of hydrogen-bond donors (Lipinski definition) is 2. The minimum absolute atomic E-state index is 0.187. The van der Waals surface area contributed by atoms with Gasteiger partial charge in [-0.1, -0.05) is 46.3 Å². The van der Waals surface area contributed by atoms with Crippen molar-refractivity contribution in [1.29, 1.82) is 0 Å². The molecule has 3 atom stereocenters. The van der Waals surface area contributed by atoms with Crippen LogP contribution in [0.2, 0.25) is 0 Å². The van der Waals surface area contributed by atoms with E-state index in [-0.39, 0.29) is 12.0 Å². The molecule has 4 nitrogen and oxygen atoms in total. The fourth-order valence-electron chi connectivity index (χ4n) is 4.99. The molecule has 1 heterocycles. The fourth-order valence-corrected chi connectivity index (χ4v) is 6.33. The van der Waals surface area contributed by atoms with E-state index >= 15 is 0 Å². The van der Waals surface area contributed by atoms with Crippen molar-refractivity contribution in [3.63, 3.8) is 0 Å². The molecule has 0 saturated carbocycles. The van der Waals surface area contributed by atoms with Crippen molar-refractivity contribution in [2.75, 3.05) is 10.0 Å². The van der Waals surface area contributed by atoms with E-state index in [0.717, 1.165) is 33.3 Å². The Labute approximate surface area is 197 Å².